The number of fused-ring (bicyclic) bond motifs is 1. The smallest absolute Gasteiger partial charge is 0.267 e. The van der Waals surface area contributed by atoms with Gasteiger partial charge in [-0.2, -0.15) is 0 Å². The van der Waals surface area contributed by atoms with Gasteiger partial charge in [-0.25, -0.2) is 24.9 Å². The van der Waals surface area contributed by atoms with E-state index in [1.807, 2.05) is 37.3 Å². The first-order valence-electron chi connectivity index (χ1n) is 11.2. The van der Waals surface area contributed by atoms with Crippen LogP contribution < -0.4 is 22.3 Å². The third-order valence-corrected chi connectivity index (χ3v) is 5.79. The van der Waals surface area contributed by atoms with Crippen LogP contribution in [0.1, 0.15) is 30.2 Å². The molecule has 37 heavy (non-hydrogen) atoms. The molecule has 3 aromatic heterocycles. The Balaban J connectivity index is 1.61. The zero-order valence-electron chi connectivity index (χ0n) is 19.6. The number of nitrogens with one attached hydrogen (secondary N) is 1. The standard InChI is InChI=1S/C26H20ClN9O/c1-15(34-24-18(23(29)32-14-33-24)10-11-21-30-12-16(28)13-31-21)25-35-20-9-5-8-19(27)22(20)26(37)36(25)17-6-3-2-4-7-17/h2-9,12-15H,28H2,1H3,(H3,29,32,33,34). The van der Waals surface area contributed by atoms with Crippen molar-refractivity contribution in [2.24, 2.45) is 0 Å². The van der Waals surface area contributed by atoms with Crippen LogP contribution in [-0.4, -0.2) is 29.5 Å². The molecule has 0 radical (unpaired) electrons. The zero-order chi connectivity index (χ0) is 25.9. The molecule has 2 aromatic carbocycles. The van der Waals surface area contributed by atoms with Crippen LogP contribution in [-0.2, 0) is 0 Å². The number of nitrogens with two attached hydrogens (primary N) is 2. The van der Waals surface area contributed by atoms with E-state index in [1.54, 1.807) is 18.2 Å². The maximum atomic E-state index is 13.7. The molecule has 0 aliphatic heterocycles. The predicted octanol–water partition coefficient (Wildman–Crippen LogP) is 3.36. The Labute approximate surface area is 216 Å². The van der Waals surface area contributed by atoms with Crippen molar-refractivity contribution < 1.29 is 0 Å². The van der Waals surface area contributed by atoms with Gasteiger partial charge in [0.05, 0.1) is 45.7 Å². The molecule has 0 saturated carbocycles. The summed E-state index contributed by atoms with van der Waals surface area (Å²) in [7, 11) is 0. The summed E-state index contributed by atoms with van der Waals surface area (Å²) in [6.45, 7) is 1.86. The second kappa shape index (κ2) is 9.93. The first kappa shape index (κ1) is 23.7. The normalized spacial score (nSPS) is 11.5. The highest BCUT2D eigenvalue weighted by atomic mass is 35.5. The molecule has 3 heterocycles. The lowest BCUT2D eigenvalue weighted by molar-refractivity contribution is 0.730. The fraction of sp³-hybridized carbons (Fsp3) is 0.0769. The van der Waals surface area contributed by atoms with Crippen LogP contribution in [0.4, 0.5) is 17.3 Å². The highest BCUT2D eigenvalue weighted by Gasteiger charge is 2.21. The molecular weight excluding hydrogens is 490 g/mol. The Kier molecular flexibility index (Phi) is 6.36. The third-order valence-electron chi connectivity index (χ3n) is 5.48. The van der Waals surface area contributed by atoms with E-state index in [0.29, 0.717) is 44.5 Å². The third kappa shape index (κ3) is 4.76. The first-order valence-corrected chi connectivity index (χ1v) is 11.5. The molecule has 0 saturated heterocycles. The molecule has 0 aliphatic carbocycles. The number of nitrogen functional groups attached to an aromatic ring is 2. The number of anilines is 3. The molecule has 0 amide bonds. The van der Waals surface area contributed by atoms with E-state index in [-0.39, 0.29) is 17.2 Å². The van der Waals surface area contributed by atoms with Crippen molar-refractivity contribution in [3.63, 3.8) is 0 Å². The first-order chi connectivity index (χ1) is 17.9. The van der Waals surface area contributed by atoms with Crippen LogP contribution in [0.3, 0.4) is 0 Å². The van der Waals surface area contributed by atoms with Crippen molar-refractivity contribution in [3.05, 3.63) is 99.8 Å². The van der Waals surface area contributed by atoms with Gasteiger partial charge in [0.25, 0.3) is 5.56 Å². The number of hydrogen-bond donors (Lipinski definition) is 3. The van der Waals surface area contributed by atoms with E-state index in [0.717, 1.165) is 0 Å². The fourth-order valence-corrected chi connectivity index (χ4v) is 4.00. The number of para-hydroxylation sites is 1. The lowest BCUT2D eigenvalue weighted by Gasteiger charge is -2.21. The monoisotopic (exact) mass is 509 g/mol. The number of nitrogens with zero attached hydrogens (tertiary/aromatic N) is 6. The van der Waals surface area contributed by atoms with Crippen LogP contribution in [0, 0.1) is 11.8 Å². The number of benzene rings is 2. The van der Waals surface area contributed by atoms with Gasteiger partial charge in [-0.15, -0.1) is 0 Å². The van der Waals surface area contributed by atoms with Gasteiger partial charge in [0.15, 0.2) is 0 Å². The van der Waals surface area contributed by atoms with Gasteiger partial charge in [0.2, 0.25) is 5.82 Å². The largest absolute Gasteiger partial charge is 0.396 e. The molecule has 0 spiro atoms. The molecule has 0 aliphatic rings. The zero-order valence-corrected chi connectivity index (χ0v) is 20.3. The summed E-state index contributed by atoms with van der Waals surface area (Å²) in [5.74, 6) is 7.03. The summed E-state index contributed by atoms with van der Waals surface area (Å²) in [6.07, 6.45) is 4.25. The van der Waals surface area contributed by atoms with Gasteiger partial charge in [-0.05, 0) is 37.1 Å². The Bertz CT molecular complexity index is 1730. The van der Waals surface area contributed by atoms with E-state index < -0.39 is 6.04 Å². The molecule has 11 heteroatoms. The van der Waals surface area contributed by atoms with Crippen LogP contribution in [0.5, 0.6) is 0 Å². The van der Waals surface area contributed by atoms with Crippen LogP contribution in [0.25, 0.3) is 16.6 Å². The van der Waals surface area contributed by atoms with Crippen LogP contribution in [0.15, 0.2) is 72.0 Å². The van der Waals surface area contributed by atoms with E-state index >= 15 is 0 Å². The predicted molar refractivity (Wildman–Crippen MR) is 143 cm³/mol. The SMILES string of the molecule is CC(Nc1ncnc(N)c1C#Cc1ncc(N)cn1)c1nc2cccc(Cl)c2c(=O)n1-c1ccccc1. The Hall–Kier alpha value is -5.01. The lowest BCUT2D eigenvalue weighted by atomic mass is 10.2. The number of aromatic nitrogens is 6. The van der Waals surface area contributed by atoms with Gasteiger partial charge < -0.3 is 16.8 Å². The average Bonchev–Trinajstić information content (AvgIpc) is 2.89. The quantitative estimate of drug-likeness (QED) is 0.310. The summed E-state index contributed by atoms with van der Waals surface area (Å²) < 4.78 is 1.53. The van der Waals surface area contributed by atoms with Crippen molar-refractivity contribution in [3.8, 4) is 17.5 Å². The maximum Gasteiger partial charge on any atom is 0.267 e. The second-order valence-electron chi connectivity index (χ2n) is 8.02. The summed E-state index contributed by atoms with van der Waals surface area (Å²) in [5, 5.41) is 3.95. The van der Waals surface area contributed by atoms with E-state index in [4.69, 9.17) is 28.1 Å². The molecule has 10 nitrogen and oxygen atoms in total. The van der Waals surface area contributed by atoms with E-state index in [9.17, 15) is 4.79 Å². The molecular formula is C26H20ClN9O. The fourth-order valence-electron chi connectivity index (χ4n) is 3.75. The van der Waals surface area contributed by atoms with Crippen molar-refractivity contribution in [2.45, 2.75) is 13.0 Å². The average molecular weight is 510 g/mol. The minimum Gasteiger partial charge on any atom is -0.396 e. The van der Waals surface area contributed by atoms with Crippen molar-refractivity contribution >= 4 is 39.8 Å². The molecule has 182 valence electrons. The Morgan fingerprint density at radius 1 is 0.973 bits per heavy atom. The van der Waals surface area contributed by atoms with Gasteiger partial charge in [-0.1, -0.05) is 41.8 Å². The minimum absolute atomic E-state index is 0.173. The second-order valence-corrected chi connectivity index (χ2v) is 8.43. The van der Waals surface area contributed by atoms with E-state index in [1.165, 1.54) is 23.3 Å². The molecule has 5 N–H and O–H groups in total. The highest BCUT2D eigenvalue weighted by Crippen LogP contribution is 2.26. The maximum absolute atomic E-state index is 13.7. The molecule has 5 rings (SSSR count). The summed E-state index contributed by atoms with van der Waals surface area (Å²) >= 11 is 6.38. The molecule has 0 fully saturated rings. The van der Waals surface area contributed by atoms with Gasteiger partial charge in [-0.3, -0.25) is 9.36 Å². The minimum atomic E-state index is -0.501. The summed E-state index contributed by atoms with van der Waals surface area (Å²) in [6, 6.07) is 13.9. The van der Waals surface area contributed by atoms with Gasteiger partial charge in [0.1, 0.15) is 29.4 Å². The topological polar surface area (TPSA) is 151 Å². The van der Waals surface area contributed by atoms with Crippen molar-refractivity contribution in [2.75, 3.05) is 16.8 Å². The van der Waals surface area contributed by atoms with Crippen molar-refractivity contribution in [1.29, 1.82) is 0 Å². The van der Waals surface area contributed by atoms with E-state index in [2.05, 4.69) is 37.1 Å². The lowest BCUT2D eigenvalue weighted by Crippen LogP contribution is -2.27. The molecule has 5 aromatic rings. The number of rotatable bonds is 4. The molecule has 1 atom stereocenters. The summed E-state index contributed by atoms with van der Waals surface area (Å²) in [4.78, 5) is 35.0. The van der Waals surface area contributed by atoms with Gasteiger partial charge >= 0.3 is 0 Å². The molecule has 0 bridgehead atoms. The number of halogens is 1. The van der Waals surface area contributed by atoms with Crippen LogP contribution in [0.2, 0.25) is 5.02 Å². The van der Waals surface area contributed by atoms with Crippen molar-refractivity contribution in [1.82, 2.24) is 29.5 Å². The Morgan fingerprint density at radius 2 is 1.73 bits per heavy atom. The Morgan fingerprint density at radius 3 is 2.49 bits per heavy atom. The van der Waals surface area contributed by atoms with Crippen LogP contribution >= 0.6 is 11.6 Å². The summed E-state index contributed by atoms with van der Waals surface area (Å²) in [5.41, 5.74) is 13.4. The van der Waals surface area contributed by atoms with Gasteiger partial charge in [0, 0.05) is 0 Å². The molecule has 1 unspecified atom stereocenters. The highest BCUT2D eigenvalue weighted by molar-refractivity contribution is 6.35. The number of hydrogen-bond acceptors (Lipinski definition) is 9.